The maximum Gasteiger partial charge on any atom is 1.00 e. The third kappa shape index (κ3) is 16.5. The molecule has 0 aliphatic heterocycles. The predicted octanol–water partition coefficient (Wildman–Crippen LogP) is 2.58. The molecule has 13 heteroatoms. The molecule has 0 atom stereocenters. The molecule has 0 fully saturated rings. The molecule has 0 saturated heterocycles. The summed E-state index contributed by atoms with van der Waals surface area (Å²) in [7, 11) is 25.0. The number of hydrogen-bond acceptors (Lipinski definition) is 4. The van der Waals surface area contributed by atoms with Crippen LogP contribution < -0.4 is 10.2 Å². The van der Waals surface area contributed by atoms with Crippen molar-refractivity contribution in [1.82, 2.24) is 0 Å². The van der Waals surface area contributed by atoms with Crippen LogP contribution in [0.25, 0.3) is 0 Å². The van der Waals surface area contributed by atoms with Gasteiger partial charge in [0.25, 0.3) is 0 Å². The first kappa shape index (κ1) is 23.6. The summed E-state index contributed by atoms with van der Waals surface area (Å²) < 4.78 is 0. The van der Waals surface area contributed by atoms with Crippen molar-refractivity contribution in [3.8, 4) is 5.75 Å². The van der Waals surface area contributed by atoms with Crippen LogP contribution in [0.1, 0.15) is 26.4 Å². The number of carbonyl (C=O) groups is 2. The number of rotatable bonds is 2. The van der Waals surface area contributed by atoms with Gasteiger partial charge in [-0.1, -0.05) is 12.1 Å². The Hall–Kier alpha value is 0.348. The SMILES string of the molecule is O.O=C([O-])c1cc([O-])cc(C(=O)O)c1.[Cl][Pt-2]([Cl])([Cl])([Cl])([Cl])[Cl].[H+].[H+].[H+].[H+]. The first-order chi connectivity index (χ1) is 8.45. The third-order valence-corrected chi connectivity index (χ3v) is 1.39. The first-order valence-electron chi connectivity index (χ1n) is 3.99. The Kier molecular flexibility index (Phi) is 7.70. The van der Waals surface area contributed by atoms with Crippen molar-refractivity contribution in [2.45, 2.75) is 0 Å². The summed E-state index contributed by atoms with van der Waals surface area (Å²) >= 11 is 0. The van der Waals surface area contributed by atoms with Crippen molar-refractivity contribution in [3.63, 3.8) is 0 Å². The minimum atomic E-state index is -5.29. The largest absolute Gasteiger partial charge is 1.00 e. The van der Waals surface area contributed by atoms with Crippen LogP contribution in [0.5, 0.6) is 5.75 Å². The van der Waals surface area contributed by atoms with E-state index >= 15 is 0 Å². The van der Waals surface area contributed by atoms with Crippen molar-refractivity contribution >= 4 is 68.4 Å². The number of halogens is 6. The van der Waals surface area contributed by atoms with Gasteiger partial charge < -0.3 is 25.6 Å². The van der Waals surface area contributed by atoms with E-state index < -0.39 is 30.6 Å². The van der Waals surface area contributed by atoms with E-state index in [1.807, 2.05) is 0 Å². The Labute approximate surface area is 146 Å². The monoisotopic (exact) mass is 607 g/mol. The average Bonchev–Trinajstić information content (AvgIpc) is 2.11. The van der Waals surface area contributed by atoms with Gasteiger partial charge in [-0.05, 0) is 11.6 Å². The number of carbonyl (C=O) groups excluding carboxylic acids is 1. The topological polar surface area (TPSA) is 132 Å². The summed E-state index contributed by atoms with van der Waals surface area (Å²) in [5.41, 5.74) is -0.781. The number of carboxylic acid groups (broad SMARTS) is 2. The molecule has 0 radical (unpaired) electrons. The van der Waals surface area contributed by atoms with Gasteiger partial charge in [0, 0.05) is 0 Å². The van der Waals surface area contributed by atoms with Crippen LogP contribution in [0, 0.1) is 0 Å². The predicted molar refractivity (Wildman–Crippen MR) is 80.4 cm³/mol. The normalized spacial score (nSPS) is 13.6. The average molecular weight is 610 g/mol. The van der Waals surface area contributed by atoms with E-state index in [4.69, 9.17) is 61.6 Å². The van der Waals surface area contributed by atoms with Gasteiger partial charge in [0.1, 0.15) is 0 Å². The van der Waals surface area contributed by atoms with Crippen molar-refractivity contribution in [2.75, 3.05) is 0 Å². The van der Waals surface area contributed by atoms with Crippen LogP contribution in [0.2, 0.25) is 0 Å². The summed E-state index contributed by atoms with van der Waals surface area (Å²) in [6, 6.07) is 2.52. The summed E-state index contributed by atoms with van der Waals surface area (Å²) in [4.78, 5) is 20.7. The Morgan fingerprint density at radius 3 is 1.62 bits per heavy atom. The molecule has 1 aromatic carbocycles. The van der Waals surface area contributed by atoms with Gasteiger partial charge >= 0.3 is 75.5 Å². The molecule has 1 aromatic rings. The molecule has 130 valence electrons. The molecular weight excluding hydrogens is 600 g/mol. The number of hydrogen-bond donors (Lipinski definition) is 1. The van der Waals surface area contributed by atoms with Gasteiger partial charge in [-0.15, -0.1) is 5.75 Å². The molecule has 21 heavy (non-hydrogen) atoms. The van der Waals surface area contributed by atoms with Crippen LogP contribution in [0.3, 0.4) is 0 Å². The molecule has 6 nitrogen and oxygen atoms in total. The molecule has 0 aromatic heterocycles. The molecule has 1 rings (SSSR count). The Balaban J connectivity index is -0.0000000673. The van der Waals surface area contributed by atoms with Gasteiger partial charge in [0.2, 0.25) is 0 Å². The van der Waals surface area contributed by atoms with Crippen LogP contribution in [-0.2, 0) is 7.31 Å². The van der Waals surface area contributed by atoms with Gasteiger partial charge in [0.15, 0.2) is 0 Å². The Bertz CT molecular complexity index is 526. The fourth-order valence-electron chi connectivity index (χ4n) is 0.840. The number of benzene rings is 1. The second-order valence-electron chi connectivity index (χ2n) is 3.02. The van der Waals surface area contributed by atoms with Crippen LogP contribution in [0.15, 0.2) is 18.2 Å². The quantitative estimate of drug-likeness (QED) is 0.551. The van der Waals surface area contributed by atoms with E-state index in [-0.39, 0.29) is 16.7 Å². The minimum absolute atomic E-state index is 0. The van der Waals surface area contributed by atoms with E-state index in [0.717, 1.165) is 18.2 Å². The number of carboxylic acids is 2. The fraction of sp³-hybridized carbons (Fsp3) is 0. The second-order valence-corrected chi connectivity index (χ2v) is 52.3. The maximum atomic E-state index is 10.8. The van der Waals surface area contributed by atoms with E-state index in [0.29, 0.717) is 0 Å². The molecule has 0 unspecified atom stereocenters. The zero-order chi connectivity index (χ0) is 16.4. The molecular formula is C8H10Cl6O6Pt. The Morgan fingerprint density at radius 2 is 1.33 bits per heavy atom. The van der Waals surface area contributed by atoms with Crippen molar-refractivity contribution in [1.29, 1.82) is 0 Å². The van der Waals surface area contributed by atoms with Crippen molar-refractivity contribution in [3.05, 3.63) is 29.3 Å². The van der Waals surface area contributed by atoms with Gasteiger partial charge in [-0.2, -0.15) is 0 Å². The third-order valence-electron chi connectivity index (χ3n) is 1.39. The molecule has 0 amide bonds. The summed E-state index contributed by atoms with van der Waals surface area (Å²) in [5.74, 6) is -3.58. The van der Waals surface area contributed by atoms with Crippen LogP contribution in [0.4, 0.5) is 0 Å². The summed E-state index contributed by atoms with van der Waals surface area (Å²) in [6.45, 7) is 0. The van der Waals surface area contributed by atoms with E-state index in [9.17, 15) is 19.8 Å². The van der Waals surface area contributed by atoms with E-state index in [1.165, 1.54) is 0 Å². The van der Waals surface area contributed by atoms with Crippen LogP contribution >= 0.6 is 56.5 Å². The zero-order valence-corrected chi connectivity index (χ0v) is 16.2. The maximum absolute atomic E-state index is 10.8. The summed E-state index contributed by atoms with van der Waals surface area (Å²) in [5, 5.41) is 29.5. The van der Waals surface area contributed by atoms with Crippen LogP contribution in [-0.4, -0.2) is 22.5 Å². The second kappa shape index (κ2) is 6.85. The molecule has 0 spiro atoms. The van der Waals surface area contributed by atoms with Gasteiger partial charge in [0.05, 0.1) is 11.5 Å². The van der Waals surface area contributed by atoms with Gasteiger partial charge in [-0.3, -0.25) is 0 Å². The van der Waals surface area contributed by atoms with Crippen molar-refractivity contribution in [2.24, 2.45) is 0 Å². The smallest absolute Gasteiger partial charge is 1.00 e. The minimum Gasteiger partial charge on any atom is 1.00 e. The first-order valence-corrected chi connectivity index (χ1v) is 20.9. The molecule has 0 bridgehead atoms. The molecule has 0 aliphatic carbocycles. The standard InChI is InChI=1S/C8H6O5.6ClH.H2O.Pt/c9-6-2-4(7(10)11)1-5(3-6)8(12)13;;;;;;;;/h1-3,9H,(H,10,11)(H,12,13);6*1H;1H2;/q;;;;;;;;+4/p-4. The Morgan fingerprint density at radius 1 is 1.00 bits per heavy atom. The molecule has 3 N–H and O–H groups in total. The molecule has 0 saturated carbocycles. The summed E-state index contributed by atoms with van der Waals surface area (Å²) in [6.07, 6.45) is 0. The van der Waals surface area contributed by atoms with E-state index in [2.05, 4.69) is 0 Å². The van der Waals surface area contributed by atoms with E-state index in [1.54, 1.807) is 0 Å². The van der Waals surface area contributed by atoms with Crippen molar-refractivity contribution < 1.29 is 43.4 Å². The zero-order valence-electron chi connectivity index (χ0n) is 13.4. The molecule has 0 aliphatic rings. The van der Waals surface area contributed by atoms with Gasteiger partial charge in [-0.25, -0.2) is 4.79 Å². The molecule has 0 heterocycles. The fourth-order valence-corrected chi connectivity index (χ4v) is 0.840. The number of aromatic carboxylic acids is 2.